The van der Waals surface area contributed by atoms with Crippen LogP contribution >= 0.6 is 0 Å². The summed E-state index contributed by atoms with van der Waals surface area (Å²) in [6.45, 7) is 2.87. The average molecular weight is 381 g/mol. The van der Waals surface area contributed by atoms with E-state index in [1.54, 1.807) is 18.2 Å². The van der Waals surface area contributed by atoms with E-state index < -0.39 is 5.97 Å². The summed E-state index contributed by atoms with van der Waals surface area (Å²) in [5.74, 6) is 2.06. The fourth-order valence-corrected chi connectivity index (χ4v) is 2.69. The summed E-state index contributed by atoms with van der Waals surface area (Å²) in [6.07, 6.45) is 0. The van der Waals surface area contributed by atoms with Crippen LogP contribution in [0.3, 0.4) is 0 Å². The van der Waals surface area contributed by atoms with Crippen LogP contribution in [0, 0.1) is 6.92 Å². The number of carbonyl (C=O) groups excluding carboxylic acids is 1. The number of carbonyl (C=O) groups is 1. The van der Waals surface area contributed by atoms with E-state index in [0.717, 1.165) is 11.1 Å². The predicted octanol–water partition coefficient (Wildman–Crippen LogP) is 3.54. The molecule has 1 aromatic heterocycles. The van der Waals surface area contributed by atoms with Gasteiger partial charge in [-0.05, 0) is 37.3 Å². The fourth-order valence-electron chi connectivity index (χ4n) is 2.69. The Bertz CT molecular complexity index is 963. The molecule has 7 heteroatoms. The Morgan fingerprint density at radius 1 is 1.04 bits per heavy atom. The Hall–Kier alpha value is -3.48. The summed E-state index contributed by atoms with van der Waals surface area (Å²) < 4.78 is 27.0. The van der Waals surface area contributed by atoms with Gasteiger partial charge in [-0.1, -0.05) is 22.9 Å². The molecule has 0 N–H and O–H groups in total. The Kier molecular flexibility index (Phi) is 5.14. The highest BCUT2D eigenvalue weighted by atomic mass is 16.6. The van der Waals surface area contributed by atoms with Gasteiger partial charge in [0.25, 0.3) is 0 Å². The normalized spacial score (nSPS) is 12.5. The second kappa shape index (κ2) is 8.04. The van der Waals surface area contributed by atoms with Crippen molar-refractivity contribution in [3.63, 3.8) is 0 Å². The van der Waals surface area contributed by atoms with Gasteiger partial charge in [-0.2, -0.15) is 0 Å². The predicted molar refractivity (Wildman–Crippen MR) is 99.4 cm³/mol. The number of nitrogens with zero attached hydrogens (tertiary/aromatic N) is 1. The number of hydrogen-bond acceptors (Lipinski definition) is 7. The minimum atomic E-state index is -0.482. The number of rotatable bonds is 6. The van der Waals surface area contributed by atoms with Gasteiger partial charge in [0.05, 0.1) is 0 Å². The molecule has 144 valence electrons. The molecule has 1 aliphatic heterocycles. The maximum Gasteiger partial charge on any atom is 0.344 e. The van der Waals surface area contributed by atoms with Gasteiger partial charge in [-0.15, -0.1) is 0 Å². The van der Waals surface area contributed by atoms with Crippen molar-refractivity contribution in [3.8, 4) is 28.6 Å². The molecule has 0 saturated heterocycles. The van der Waals surface area contributed by atoms with Crippen molar-refractivity contribution < 1.29 is 28.3 Å². The molecule has 0 bridgehead atoms. The van der Waals surface area contributed by atoms with E-state index in [2.05, 4.69) is 5.16 Å². The molecule has 0 spiro atoms. The molecule has 3 aromatic rings. The molecular formula is C21H19NO6. The summed E-state index contributed by atoms with van der Waals surface area (Å²) in [7, 11) is 0. The van der Waals surface area contributed by atoms with Crippen LogP contribution in [-0.2, 0) is 16.1 Å². The SMILES string of the molecule is Cc1ccc(OCC(=O)OCc2cc(-c3ccc4c(c3)OCCO4)on2)cc1. The van der Waals surface area contributed by atoms with Gasteiger partial charge in [0.15, 0.2) is 23.9 Å². The van der Waals surface area contributed by atoms with E-state index in [4.69, 9.17) is 23.5 Å². The van der Waals surface area contributed by atoms with Crippen LogP contribution < -0.4 is 14.2 Å². The third-order valence-corrected chi connectivity index (χ3v) is 4.14. The number of hydrogen-bond donors (Lipinski definition) is 0. The molecule has 0 amide bonds. The lowest BCUT2D eigenvalue weighted by atomic mass is 10.1. The number of aryl methyl sites for hydroxylation is 1. The highest BCUT2D eigenvalue weighted by Crippen LogP contribution is 2.34. The zero-order valence-corrected chi connectivity index (χ0v) is 15.3. The van der Waals surface area contributed by atoms with Crippen molar-refractivity contribution in [2.75, 3.05) is 19.8 Å². The minimum absolute atomic E-state index is 0.00411. The lowest BCUT2D eigenvalue weighted by Crippen LogP contribution is -2.15. The Labute approximate surface area is 161 Å². The van der Waals surface area contributed by atoms with Crippen molar-refractivity contribution >= 4 is 5.97 Å². The molecule has 0 unspecified atom stereocenters. The van der Waals surface area contributed by atoms with Crippen LogP contribution in [0.5, 0.6) is 17.2 Å². The van der Waals surface area contributed by atoms with Gasteiger partial charge < -0.3 is 23.5 Å². The van der Waals surface area contributed by atoms with E-state index in [0.29, 0.717) is 41.9 Å². The van der Waals surface area contributed by atoms with E-state index in [1.807, 2.05) is 37.3 Å². The first-order chi connectivity index (χ1) is 13.7. The molecule has 1 aliphatic rings. The molecule has 0 radical (unpaired) electrons. The quantitative estimate of drug-likeness (QED) is 0.604. The smallest absolute Gasteiger partial charge is 0.344 e. The monoisotopic (exact) mass is 381 g/mol. The van der Waals surface area contributed by atoms with Crippen molar-refractivity contribution in [2.24, 2.45) is 0 Å². The largest absolute Gasteiger partial charge is 0.486 e. The molecule has 28 heavy (non-hydrogen) atoms. The average Bonchev–Trinajstić information content (AvgIpc) is 3.20. The number of ether oxygens (including phenoxy) is 4. The van der Waals surface area contributed by atoms with Crippen LogP contribution in [0.2, 0.25) is 0 Å². The second-order valence-corrected chi connectivity index (χ2v) is 6.30. The molecule has 0 aliphatic carbocycles. The maximum absolute atomic E-state index is 11.9. The summed E-state index contributed by atoms with van der Waals surface area (Å²) >= 11 is 0. The van der Waals surface area contributed by atoms with Gasteiger partial charge in [-0.25, -0.2) is 4.79 Å². The first-order valence-corrected chi connectivity index (χ1v) is 8.88. The lowest BCUT2D eigenvalue weighted by molar-refractivity contribution is -0.147. The zero-order chi connectivity index (χ0) is 19.3. The molecule has 2 heterocycles. The molecule has 7 nitrogen and oxygen atoms in total. The van der Waals surface area contributed by atoms with Gasteiger partial charge in [0.2, 0.25) is 0 Å². The highest BCUT2D eigenvalue weighted by molar-refractivity contribution is 5.71. The van der Waals surface area contributed by atoms with Crippen LogP contribution in [0.4, 0.5) is 0 Å². The van der Waals surface area contributed by atoms with Crippen LogP contribution in [0.15, 0.2) is 53.1 Å². The number of fused-ring (bicyclic) bond motifs is 1. The molecule has 2 aromatic carbocycles. The maximum atomic E-state index is 11.9. The van der Waals surface area contributed by atoms with Crippen molar-refractivity contribution in [3.05, 3.63) is 59.8 Å². The second-order valence-electron chi connectivity index (χ2n) is 6.30. The Morgan fingerprint density at radius 2 is 1.82 bits per heavy atom. The van der Waals surface area contributed by atoms with E-state index in [-0.39, 0.29) is 13.2 Å². The van der Waals surface area contributed by atoms with Crippen LogP contribution in [0.25, 0.3) is 11.3 Å². The van der Waals surface area contributed by atoms with E-state index >= 15 is 0 Å². The van der Waals surface area contributed by atoms with Crippen LogP contribution in [0.1, 0.15) is 11.3 Å². The minimum Gasteiger partial charge on any atom is -0.486 e. The fraction of sp³-hybridized carbons (Fsp3) is 0.238. The number of aromatic nitrogens is 1. The molecular weight excluding hydrogens is 362 g/mol. The standard InChI is InChI=1S/C21H19NO6/c1-14-2-5-17(6-3-14)26-13-21(23)27-12-16-11-19(28-22-16)15-4-7-18-20(10-15)25-9-8-24-18/h2-7,10-11H,8-9,12-13H2,1H3. The summed E-state index contributed by atoms with van der Waals surface area (Å²) in [5.41, 5.74) is 2.43. The summed E-state index contributed by atoms with van der Waals surface area (Å²) in [6, 6.07) is 14.7. The Balaban J connectivity index is 1.31. The third-order valence-electron chi connectivity index (χ3n) is 4.14. The third kappa shape index (κ3) is 4.25. The first kappa shape index (κ1) is 17.9. The van der Waals surface area contributed by atoms with Crippen LogP contribution in [-0.4, -0.2) is 30.9 Å². The van der Waals surface area contributed by atoms with Gasteiger partial charge in [0, 0.05) is 11.6 Å². The molecule has 0 fully saturated rings. The van der Waals surface area contributed by atoms with E-state index in [9.17, 15) is 4.79 Å². The van der Waals surface area contributed by atoms with Gasteiger partial charge >= 0.3 is 5.97 Å². The highest BCUT2D eigenvalue weighted by Gasteiger charge is 2.15. The van der Waals surface area contributed by atoms with Gasteiger partial charge in [0.1, 0.15) is 31.3 Å². The summed E-state index contributed by atoms with van der Waals surface area (Å²) in [4.78, 5) is 11.9. The van der Waals surface area contributed by atoms with E-state index in [1.165, 1.54) is 0 Å². The van der Waals surface area contributed by atoms with Crippen molar-refractivity contribution in [1.29, 1.82) is 0 Å². The number of esters is 1. The van der Waals surface area contributed by atoms with Crippen molar-refractivity contribution in [1.82, 2.24) is 5.16 Å². The lowest BCUT2D eigenvalue weighted by Gasteiger charge is -2.18. The summed E-state index contributed by atoms with van der Waals surface area (Å²) in [5, 5.41) is 3.94. The molecule has 4 rings (SSSR count). The molecule has 0 atom stereocenters. The number of benzene rings is 2. The van der Waals surface area contributed by atoms with Crippen molar-refractivity contribution in [2.45, 2.75) is 13.5 Å². The zero-order valence-electron chi connectivity index (χ0n) is 15.3. The van der Waals surface area contributed by atoms with Gasteiger partial charge in [-0.3, -0.25) is 0 Å². The Morgan fingerprint density at radius 3 is 2.64 bits per heavy atom. The molecule has 0 saturated carbocycles. The topological polar surface area (TPSA) is 80.0 Å². The first-order valence-electron chi connectivity index (χ1n) is 8.88.